The number of hydrogen-bond donors (Lipinski definition) is 0. The Morgan fingerprint density at radius 3 is 2.71 bits per heavy atom. The molecule has 2 aromatic rings. The number of aromatic nitrogens is 1. The van der Waals surface area contributed by atoms with Crippen LogP contribution in [0.5, 0.6) is 0 Å². The molecule has 1 saturated heterocycles. The number of nitrogens with zero attached hydrogens (tertiary/aromatic N) is 4. The van der Waals surface area contributed by atoms with Gasteiger partial charge < -0.3 is 9.80 Å². The number of likely N-dealkylation sites (tertiary alicyclic amines) is 1. The maximum absolute atomic E-state index is 13.1. The van der Waals surface area contributed by atoms with E-state index < -0.39 is 0 Å². The van der Waals surface area contributed by atoms with E-state index in [1.165, 1.54) is 5.56 Å². The van der Waals surface area contributed by atoms with Gasteiger partial charge >= 0.3 is 6.03 Å². The number of pyridine rings is 1. The van der Waals surface area contributed by atoms with Crippen LogP contribution in [0, 0.1) is 0 Å². The topological polar surface area (TPSA) is 39.7 Å². The lowest BCUT2D eigenvalue weighted by Gasteiger charge is -2.37. The molecule has 1 fully saturated rings. The molecule has 24 heavy (non-hydrogen) atoms. The van der Waals surface area contributed by atoms with Crippen LogP contribution in [0.25, 0.3) is 0 Å². The van der Waals surface area contributed by atoms with Gasteiger partial charge in [0, 0.05) is 51.5 Å². The molecular formula is C19H22N4O. The van der Waals surface area contributed by atoms with Crippen molar-refractivity contribution in [3.8, 4) is 0 Å². The minimum absolute atomic E-state index is 0.127. The van der Waals surface area contributed by atoms with E-state index in [0.717, 1.165) is 44.0 Å². The molecule has 0 radical (unpaired) electrons. The summed E-state index contributed by atoms with van der Waals surface area (Å²) >= 11 is 0. The summed E-state index contributed by atoms with van der Waals surface area (Å²) in [6.45, 7) is 3.19. The van der Waals surface area contributed by atoms with Gasteiger partial charge in [0.25, 0.3) is 0 Å². The summed E-state index contributed by atoms with van der Waals surface area (Å²) in [5.41, 5.74) is 3.37. The molecule has 1 atom stereocenters. The van der Waals surface area contributed by atoms with E-state index in [1.54, 1.807) is 6.20 Å². The molecule has 1 aromatic heterocycles. The first kappa shape index (κ1) is 15.0. The molecule has 0 spiro atoms. The minimum Gasteiger partial charge on any atom is -0.371 e. The van der Waals surface area contributed by atoms with Crippen LogP contribution in [0.3, 0.4) is 0 Å². The van der Waals surface area contributed by atoms with E-state index in [4.69, 9.17) is 0 Å². The molecule has 2 aliphatic heterocycles. The molecular weight excluding hydrogens is 300 g/mol. The average Bonchev–Trinajstić information content (AvgIpc) is 3.13. The summed E-state index contributed by atoms with van der Waals surface area (Å²) in [5, 5.41) is 0. The Hall–Kier alpha value is -2.56. The number of benzene rings is 1. The zero-order valence-electron chi connectivity index (χ0n) is 13.9. The third-order valence-electron chi connectivity index (χ3n) is 5.09. The Labute approximate surface area is 142 Å². The summed E-state index contributed by atoms with van der Waals surface area (Å²) in [5.74, 6) is 0.394. The van der Waals surface area contributed by atoms with Crippen LogP contribution in [0.2, 0.25) is 0 Å². The van der Waals surface area contributed by atoms with Crippen LogP contribution >= 0.6 is 0 Å². The van der Waals surface area contributed by atoms with Crippen LogP contribution in [-0.4, -0.2) is 49.1 Å². The number of amides is 2. The first-order valence-corrected chi connectivity index (χ1v) is 8.50. The molecule has 5 heteroatoms. The van der Waals surface area contributed by atoms with Gasteiger partial charge in [-0.3, -0.25) is 9.88 Å². The van der Waals surface area contributed by atoms with E-state index in [9.17, 15) is 4.79 Å². The van der Waals surface area contributed by atoms with Gasteiger partial charge in [0.15, 0.2) is 0 Å². The van der Waals surface area contributed by atoms with E-state index in [1.807, 2.05) is 40.3 Å². The summed E-state index contributed by atoms with van der Waals surface area (Å²) in [7, 11) is 2.08. The SMILES string of the molecule is CN1CCN(C(=O)N2CCC(c3cccnc3)C2)c2ccccc21. The molecule has 0 N–H and O–H groups in total. The standard InChI is InChI=1S/C19H22N4O/c1-21-11-12-23(18-7-3-2-6-17(18)21)19(24)22-10-8-16(14-22)15-5-4-9-20-13-15/h2-7,9,13,16H,8,10-12,14H2,1H3. The van der Waals surface area contributed by atoms with Crippen molar-refractivity contribution in [2.24, 2.45) is 0 Å². The summed E-state index contributed by atoms with van der Waals surface area (Å²) in [6.07, 6.45) is 4.72. The second kappa shape index (κ2) is 6.15. The minimum atomic E-state index is 0.127. The predicted octanol–water partition coefficient (Wildman–Crippen LogP) is 2.95. The number of anilines is 2. The molecule has 0 bridgehead atoms. The Morgan fingerprint density at radius 2 is 1.92 bits per heavy atom. The molecule has 1 unspecified atom stereocenters. The number of likely N-dealkylation sites (N-methyl/N-ethyl adjacent to an activating group) is 1. The van der Waals surface area contributed by atoms with Crippen LogP contribution in [-0.2, 0) is 0 Å². The summed E-state index contributed by atoms with van der Waals surface area (Å²) < 4.78 is 0. The smallest absolute Gasteiger partial charge is 0.324 e. The molecule has 2 aliphatic rings. The van der Waals surface area contributed by atoms with Crippen LogP contribution < -0.4 is 9.80 Å². The van der Waals surface area contributed by atoms with E-state index in [0.29, 0.717) is 5.92 Å². The third-order valence-corrected chi connectivity index (χ3v) is 5.09. The van der Waals surface area contributed by atoms with Crippen molar-refractivity contribution < 1.29 is 4.79 Å². The quantitative estimate of drug-likeness (QED) is 0.810. The van der Waals surface area contributed by atoms with Gasteiger partial charge in [-0.1, -0.05) is 18.2 Å². The van der Waals surface area contributed by atoms with Crippen molar-refractivity contribution in [3.05, 3.63) is 54.4 Å². The van der Waals surface area contributed by atoms with Gasteiger partial charge in [-0.15, -0.1) is 0 Å². The Kier molecular flexibility index (Phi) is 3.84. The highest BCUT2D eigenvalue weighted by molar-refractivity contribution is 5.97. The highest BCUT2D eigenvalue weighted by Gasteiger charge is 2.33. The molecule has 0 aliphatic carbocycles. The lowest BCUT2D eigenvalue weighted by molar-refractivity contribution is 0.215. The normalized spacial score (nSPS) is 20.2. The molecule has 3 heterocycles. The molecule has 4 rings (SSSR count). The van der Waals surface area contributed by atoms with Crippen LogP contribution in [0.4, 0.5) is 16.2 Å². The molecule has 2 amide bonds. The lowest BCUT2D eigenvalue weighted by atomic mass is 10.0. The summed E-state index contributed by atoms with van der Waals surface area (Å²) in [6, 6.07) is 12.3. The fraction of sp³-hybridized carbons (Fsp3) is 0.368. The number of fused-ring (bicyclic) bond motifs is 1. The highest BCUT2D eigenvalue weighted by Crippen LogP contribution is 2.34. The van der Waals surface area contributed by atoms with Crippen molar-refractivity contribution in [2.45, 2.75) is 12.3 Å². The second-order valence-electron chi connectivity index (χ2n) is 6.56. The fourth-order valence-electron chi connectivity index (χ4n) is 3.70. The largest absolute Gasteiger partial charge is 0.371 e. The molecule has 0 saturated carbocycles. The Balaban J connectivity index is 1.52. The summed E-state index contributed by atoms with van der Waals surface area (Å²) in [4.78, 5) is 23.4. The number of urea groups is 1. The number of carbonyl (C=O) groups excluding carboxylic acids is 1. The average molecular weight is 322 g/mol. The van der Waals surface area contributed by atoms with Crippen LogP contribution in [0.15, 0.2) is 48.8 Å². The number of para-hydroxylation sites is 2. The van der Waals surface area contributed by atoms with Gasteiger partial charge in [0.05, 0.1) is 11.4 Å². The van der Waals surface area contributed by atoms with Crippen molar-refractivity contribution in [1.29, 1.82) is 0 Å². The molecule has 5 nitrogen and oxygen atoms in total. The number of rotatable bonds is 1. The Morgan fingerprint density at radius 1 is 1.08 bits per heavy atom. The van der Waals surface area contributed by atoms with E-state index in [-0.39, 0.29) is 6.03 Å². The lowest BCUT2D eigenvalue weighted by Crippen LogP contribution is -2.48. The first-order chi connectivity index (χ1) is 11.7. The maximum Gasteiger partial charge on any atom is 0.324 e. The van der Waals surface area contributed by atoms with E-state index >= 15 is 0 Å². The van der Waals surface area contributed by atoms with Gasteiger partial charge in [-0.2, -0.15) is 0 Å². The van der Waals surface area contributed by atoms with Gasteiger partial charge in [0.1, 0.15) is 0 Å². The molecule has 1 aromatic carbocycles. The first-order valence-electron chi connectivity index (χ1n) is 8.50. The highest BCUT2D eigenvalue weighted by atomic mass is 16.2. The monoisotopic (exact) mass is 322 g/mol. The van der Waals surface area contributed by atoms with Crippen molar-refractivity contribution in [3.63, 3.8) is 0 Å². The zero-order valence-corrected chi connectivity index (χ0v) is 13.9. The van der Waals surface area contributed by atoms with Crippen molar-refractivity contribution in [2.75, 3.05) is 43.0 Å². The third kappa shape index (κ3) is 2.60. The van der Waals surface area contributed by atoms with E-state index in [2.05, 4.69) is 29.1 Å². The zero-order chi connectivity index (χ0) is 16.5. The number of carbonyl (C=O) groups is 1. The van der Waals surface area contributed by atoms with Gasteiger partial charge in [-0.25, -0.2) is 4.79 Å². The fourth-order valence-corrected chi connectivity index (χ4v) is 3.70. The van der Waals surface area contributed by atoms with Crippen LogP contribution in [0.1, 0.15) is 17.9 Å². The van der Waals surface area contributed by atoms with Crippen molar-refractivity contribution in [1.82, 2.24) is 9.88 Å². The van der Waals surface area contributed by atoms with Gasteiger partial charge in [-0.05, 0) is 30.2 Å². The second-order valence-corrected chi connectivity index (χ2v) is 6.56. The van der Waals surface area contributed by atoms with Gasteiger partial charge in [0.2, 0.25) is 0 Å². The number of hydrogen-bond acceptors (Lipinski definition) is 3. The Bertz CT molecular complexity index is 733. The molecule has 124 valence electrons. The van der Waals surface area contributed by atoms with Crippen molar-refractivity contribution >= 4 is 17.4 Å². The maximum atomic E-state index is 13.1. The predicted molar refractivity (Wildman–Crippen MR) is 95.6 cm³/mol.